The number of hydrogen-bond donors (Lipinski definition) is 1. The van der Waals surface area contributed by atoms with Crippen molar-refractivity contribution in [3.63, 3.8) is 0 Å². The van der Waals surface area contributed by atoms with Gasteiger partial charge in [0.15, 0.2) is 0 Å². The number of carbonyl (C=O) groups is 3. The van der Waals surface area contributed by atoms with Gasteiger partial charge in [0.1, 0.15) is 12.1 Å². The summed E-state index contributed by atoms with van der Waals surface area (Å²) in [6, 6.07) is -1.10. The van der Waals surface area contributed by atoms with Crippen LogP contribution in [0.25, 0.3) is 0 Å². The highest BCUT2D eigenvalue weighted by Gasteiger charge is 2.42. The number of nitrogens with zero attached hydrogens (tertiary/aromatic N) is 1. The Labute approximate surface area is 106 Å². The molecule has 6 nitrogen and oxygen atoms in total. The van der Waals surface area contributed by atoms with Gasteiger partial charge in [0, 0.05) is 6.42 Å². The molecule has 2 amide bonds. The Morgan fingerprint density at radius 1 is 1.44 bits per heavy atom. The molecule has 1 unspecified atom stereocenters. The van der Waals surface area contributed by atoms with Crippen molar-refractivity contribution in [2.75, 3.05) is 0 Å². The van der Waals surface area contributed by atoms with Crippen molar-refractivity contribution in [3.05, 3.63) is 0 Å². The van der Waals surface area contributed by atoms with Crippen molar-refractivity contribution in [1.29, 1.82) is 0 Å². The largest absolute Gasteiger partial charge is 0.480 e. The minimum atomic E-state index is -1.18. The fourth-order valence-electron chi connectivity index (χ4n) is 1.53. The van der Waals surface area contributed by atoms with Crippen LogP contribution in [-0.2, 0) is 14.3 Å². The molecular weight excluding hydrogens is 238 g/mol. The van der Waals surface area contributed by atoms with Gasteiger partial charge in [-0.2, -0.15) is 0 Å². The van der Waals surface area contributed by atoms with Crippen LogP contribution in [0.2, 0.25) is 0 Å². The summed E-state index contributed by atoms with van der Waals surface area (Å²) in [6.45, 7) is 7.40. The van der Waals surface area contributed by atoms with E-state index >= 15 is 0 Å². The van der Waals surface area contributed by atoms with E-state index in [0.717, 1.165) is 0 Å². The number of carboxylic acids is 1. The van der Waals surface area contributed by atoms with Crippen LogP contribution in [0.3, 0.4) is 0 Å². The summed E-state index contributed by atoms with van der Waals surface area (Å²) >= 11 is 0. The SMILES string of the molecule is CC(OC(=O)N1C(=O)CC[C@@H]1C(=O)O)C(C)(C)C. The molecule has 6 heteroatoms. The number of hydrogen-bond acceptors (Lipinski definition) is 4. The van der Waals surface area contributed by atoms with Gasteiger partial charge in [-0.3, -0.25) is 4.79 Å². The van der Waals surface area contributed by atoms with Crippen LogP contribution in [0.1, 0.15) is 40.5 Å². The van der Waals surface area contributed by atoms with Gasteiger partial charge in [0.05, 0.1) is 0 Å². The third-order valence-electron chi connectivity index (χ3n) is 3.19. The number of likely N-dealkylation sites (tertiary alicyclic amines) is 1. The standard InChI is InChI=1S/C12H19NO5/c1-7(12(2,3)4)18-11(17)13-8(10(15)16)5-6-9(13)14/h7-8H,5-6H2,1-4H3,(H,15,16)/t7?,8-/m1/s1. The number of carbonyl (C=O) groups excluding carboxylic acids is 2. The van der Waals surface area contributed by atoms with E-state index in [4.69, 9.17) is 9.84 Å². The van der Waals surface area contributed by atoms with Crippen molar-refractivity contribution in [2.45, 2.75) is 52.7 Å². The smallest absolute Gasteiger partial charge is 0.417 e. The van der Waals surface area contributed by atoms with E-state index in [1.54, 1.807) is 6.92 Å². The van der Waals surface area contributed by atoms with Gasteiger partial charge in [-0.25, -0.2) is 14.5 Å². The lowest BCUT2D eigenvalue weighted by atomic mass is 9.90. The zero-order chi connectivity index (χ0) is 14.1. The van der Waals surface area contributed by atoms with Crippen LogP contribution in [-0.4, -0.2) is 40.1 Å². The first-order chi connectivity index (χ1) is 8.14. The molecule has 1 aliphatic rings. The van der Waals surface area contributed by atoms with Crippen molar-refractivity contribution in [3.8, 4) is 0 Å². The molecule has 18 heavy (non-hydrogen) atoms. The predicted octanol–water partition coefficient (Wildman–Crippen LogP) is 1.63. The fraction of sp³-hybridized carbons (Fsp3) is 0.750. The lowest BCUT2D eigenvalue weighted by Crippen LogP contribution is -2.45. The molecule has 0 bridgehead atoms. The molecule has 0 aromatic rings. The molecule has 0 aromatic heterocycles. The van der Waals surface area contributed by atoms with E-state index in [1.807, 2.05) is 20.8 Å². The van der Waals surface area contributed by atoms with E-state index < -0.39 is 30.1 Å². The summed E-state index contributed by atoms with van der Waals surface area (Å²) in [6.07, 6.45) is -1.07. The molecule has 0 spiro atoms. The zero-order valence-corrected chi connectivity index (χ0v) is 11.1. The predicted molar refractivity (Wildman–Crippen MR) is 62.9 cm³/mol. The molecule has 1 fully saturated rings. The van der Waals surface area contributed by atoms with E-state index in [-0.39, 0.29) is 18.3 Å². The Kier molecular flexibility index (Phi) is 3.98. The highest BCUT2D eigenvalue weighted by Crippen LogP contribution is 2.25. The van der Waals surface area contributed by atoms with Crippen LogP contribution < -0.4 is 0 Å². The second kappa shape index (κ2) is 4.96. The molecule has 1 N–H and O–H groups in total. The lowest BCUT2D eigenvalue weighted by Gasteiger charge is -2.29. The maximum Gasteiger partial charge on any atom is 0.417 e. The lowest BCUT2D eigenvalue weighted by molar-refractivity contribution is -0.145. The van der Waals surface area contributed by atoms with Gasteiger partial charge in [-0.1, -0.05) is 20.8 Å². The van der Waals surface area contributed by atoms with Gasteiger partial charge < -0.3 is 9.84 Å². The van der Waals surface area contributed by atoms with E-state index in [9.17, 15) is 14.4 Å². The van der Waals surface area contributed by atoms with Gasteiger partial charge in [0.2, 0.25) is 5.91 Å². The third-order valence-corrected chi connectivity index (χ3v) is 3.19. The molecule has 0 aliphatic carbocycles. The average Bonchev–Trinajstić information content (AvgIpc) is 2.58. The Morgan fingerprint density at radius 2 is 2.00 bits per heavy atom. The molecule has 1 aliphatic heterocycles. The Balaban J connectivity index is 2.76. The minimum absolute atomic E-state index is 0.0654. The summed E-state index contributed by atoms with van der Waals surface area (Å²) in [4.78, 5) is 35.0. The van der Waals surface area contributed by atoms with E-state index in [1.165, 1.54) is 0 Å². The Morgan fingerprint density at radius 3 is 2.44 bits per heavy atom. The molecule has 1 rings (SSSR count). The summed E-state index contributed by atoms with van der Waals surface area (Å²) in [5.41, 5.74) is -0.267. The normalized spacial score (nSPS) is 21.9. The Bertz CT molecular complexity index is 371. The number of rotatable bonds is 2. The van der Waals surface area contributed by atoms with Gasteiger partial charge in [-0.05, 0) is 18.8 Å². The number of imide groups is 1. The number of carboxylic acid groups (broad SMARTS) is 1. The van der Waals surface area contributed by atoms with Crippen molar-refractivity contribution in [2.24, 2.45) is 5.41 Å². The summed E-state index contributed by atoms with van der Waals surface area (Å²) in [7, 11) is 0. The second-order valence-electron chi connectivity index (χ2n) is 5.55. The first-order valence-electron chi connectivity index (χ1n) is 5.90. The first-order valence-corrected chi connectivity index (χ1v) is 5.90. The van der Waals surface area contributed by atoms with Gasteiger partial charge in [0.25, 0.3) is 0 Å². The van der Waals surface area contributed by atoms with Crippen LogP contribution in [0.5, 0.6) is 0 Å². The zero-order valence-electron chi connectivity index (χ0n) is 11.1. The van der Waals surface area contributed by atoms with Crippen LogP contribution >= 0.6 is 0 Å². The van der Waals surface area contributed by atoms with Gasteiger partial charge >= 0.3 is 12.1 Å². The summed E-state index contributed by atoms with van der Waals surface area (Å²) in [5, 5.41) is 8.94. The molecule has 1 saturated heterocycles. The topological polar surface area (TPSA) is 83.9 Å². The van der Waals surface area contributed by atoms with Crippen LogP contribution in [0.4, 0.5) is 4.79 Å². The van der Waals surface area contributed by atoms with Gasteiger partial charge in [-0.15, -0.1) is 0 Å². The molecule has 2 atom stereocenters. The Hall–Kier alpha value is -1.59. The minimum Gasteiger partial charge on any atom is -0.480 e. The van der Waals surface area contributed by atoms with Crippen LogP contribution in [0.15, 0.2) is 0 Å². The second-order valence-corrected chi connectivity index (χ2v) is 5.55. The van der Waals surface area contributed by atoms with Crippen molar-refractivity contribution < 1.29 is 24.2 Å². The number of aliphatic carboxylic acids is 1. The third kappa shape index (κ3) is 3.00. The number of ether oxygens (including phenoxy) is 1. The molecular formula is C12H19NO5. The summed E-state index contributed by atoms with van der Waals surface area (Å²) in [5.74, 6) is -1.67. The van der Waals surface area contributed by atoms with E-state index in [2.05, 4.69) is 0 Å². The average molecular weight is 257 g/mol. The fourth-order valence-corrected chi connectivity index (χ4v) is 1.53. The maximum atomic E-state index is 11.8. The highest BCUT2D eigenvalue weighted by molar-refractivity contribution is 5.99. The van der Waals surface area contributed by atoms with Crippen LogP contribution in [0, 0.1) is 5.41 Å². The van der Waals surface area contributed by atoms with Crippen molar-refractivity contribution in [1.82, 2.24) is 4.90 Å². The number of amides is 2. The molecule has 0 aromatic carbocycles. The van der Waals surface area contributed by atoms with E-state index in [0.29, 0.717) is 4.90 Å². The first kappa shape index (κ1) is 14.5. The maximum absolute atomic E-state index is 11.8. The molecule has 1 heterocycles. The van der Waals surface area contributed by atoms with Crippen molar-refractivity contribution >= 4 is 18.0 Å². The quantitative estimate of drug-likeness (QED) is 0.812. The summed E-state index contributed by atoms with van der Waals surface area (Å²) < 4.78 is 5.15. The molecule has 102 valence electrons. The molecule has 0 radical (unpaired) electrons. The monoisotopic (exact) mass is 257 g/mol. The highest BCUT2D eigenvalue weighted by atomic mass is 16.6. The molecule has 0 saturated carbocycles.